The molecule has 2 rings (SSSR count). The number of amides is 1. The second-order valence-electron chi connectivity index (χ2n) is 9.08. The lowest BCUT2D eigenvalue weighted by atomic mass is 9.91. The number of allylic oxidation sites excluding steroid dienone is 1. The van der Waals surface area contributed by atoms with Crippen molar-refractivity contribution in [2.24, 2.45) is 11.3 Å². The number of carbonyl (C=O) groups is 2. The quantitative estimate of drug-likeness (QED) is 0.492. The van der Waals surface area contributed by atoms with Crippen LogP contribution >= 0.6 is 0 Å². The zero-order valence-corrected chi connectivity index (χ0v) is 19.4. The molecule has 0 saturated carbocycles. The number of ether oxygens (including phenoxy) is 2. The number of para-hydroxylation sites is 2. The molecule has 8 heteroatoms. The molecule has 32 heavy (non-hydrogen) atoms. The third-order valence-corrected chi connectivity index (χ3v) is 5.35. The Morgan fingerprint density at radius 2 is 1.91 bits per heavy atom. The van der Waals surface area contributed by atoms with Gasteiger partial charge in [0.25, 0.3) is 0 Å². The van der Waals surface area contributed by atoms with Gasteiger partial charge in [0.15, 0.2) is 5.78 Å². The Bertz CT molecular complexity index is 817. The molecule has 1 aromatic rings. The van der Waals surface area contributed by atoms with Crippen molar-refractivity contribution in [3.63, 3.8) is 0 Å². The minimum Gasteiger partial charge on any atom is -0.491 e. The monoisotopic (exact) mass is 449 g/mol. The summed E-state index contributed by atoms with van der Waals surface area (Å²) in [6.07, 6.45) is -3.26. The van der Waals surface area contributed by atoms with E-state index < -0.39 is 36.1 Å². The van der Waals surface area contributed by atoms with Gasteiger partial charge in [0.2, 0.25) is 5.91 Å². The fourth-order valence-corrected chi connectivity index (χ4v) is 3.58. The molecule has 0 spiro atoms. The summed E-state index contributed by atoms with van der Waals surface area (Å²) < 4.78 is 10.9. The Morgan fingerprint density at radius 1 is 1.25 bits per heavy atom. The van der Waals surface area contributed by atoms with E-state index in [9.17, 15) is 24.9 Å². The highest BCUT2D eigenvalue weighted by atomic mass is 16.5. The minimum absolute atomic E-state index is 0.00408. The van der Waals surface area contributed by atoms with E-state index >= 15 is 0 Å². The van der Waals surface area contributed by atoms with Gasteiger partial charge in [0.05, 0.1) is 11.6 Å². The first kappa shape index (κ1) is 26.0. The van der Waals surface area contributed by atoms with Crippen molar-refractivity contribution in [3.05, 3.63) is 36.4 Å². The van der Waals surface area contributed by atoms with E-state index in [0.717, 1.165) is 0 Å². The SMILES string of the molecule is CCN1C(=O)[C@@H](CC(=O)[C@H](OC)[C@H](O)[C@@H](O)[C@H](O)/C=C/C(C)(C)C)COc2ccccc21. The molecule has 1 heterocycles. The molecular weight excluding hydrogens is 414 g/mol. The molecule has 1 aromatic carbocycles. The number of hydrogen-bond donors (Lipinski definition) is 3. The van der Waals surface area contributed by atoms with Gasteiger partial charge in [-0.15, -0.1) is 0 Å². The standard InChI is InChI=1S/C24H35NO7/c1-6-25-16-9-7-8-10-19(16)32-14-15(23(25)30)13-18(27)22(31-5)21(29)20(28)17(26)11-12-24(2,3)4/h7-12,15,17,20-22,26,28-29H,6,13-14H2,1-5H3/b12-11+/t15-,17+,20-,21+,22-/m0/s1. The number of anilines is 1. The van der Waals surface area contributed by atoms with Gasteiger partial charge in [-0.2, -0.15) is 0 Å². The molecule has 1 aliphatic rings. The van der Waals surface area contributed by atoms with Gasteiger partial charge in [-0.05, 0) is 24.5 Å². The fourth-order valence-electron chi connectivity index (χ4n) is 3.58. The summed E-state index contributed by atoms with van der Waals surface area (Å²) in [6.45, 7) is 8.01. The van der Waals surface area contributed by atoms with Gasteiger partial charge < -0.3 is 29.7 Å². The lowest BCUT2D eigenvalue weighted by Crippen LogP contribution is -2.49. The zero-order chi connectivity index (χ0) is 24.1. The maximum Gasteiger partial charge on any atom is 0.234 e. The van der Waals surface area contributed by atoms with Crippen molar-refractivity contribution in [1.29, 1.82) is 0 Å². The van der Waals surface area contributed by atoms with Crippen LogP contribution in [-0.4, -0.2) is 71.7 Å². The van der Waals surface area contributed by atoms with Crippen molar-refractivity contribution < 1.29 is 34.4 Å². The maximum atomic E-state index is 13.1. The molecule has 178 valence electrons. The Hall–Kier alpha value is -2.26. The number of benzene rings is 1. The number of nitrogens with zero attached hydrogens (tertiary/aromatic N) is 1. The van der Waals surface area contributed by atoms with E-state index in [4.69, 9.17) is 9.47 Å². The number of aliphatic hydroxyl groups excluding tert-OH is 3. The highest BCUT2D eigenvalue weighted by Gasteiger charge is 2.39. The predicted octanol–water partition coefficient (Wildman–Crippen LogP) is 1.71. The lowest BCUT2D eigenvalue weighted by molar-refractivity contribution is -0.149. The number of ketones is 1. The molecular formula is C24H35NO7. The van der Waals surface area contributed by atoms with E-state index in [1.54, 1.807) is 29.2 Å². The molecule has 0 fully saturated rings. The van der Waals surface area contributed by atoms with Crippen molar-refractivity contribution >= 4 is 17.4 Å². The summed E-state index contributed by atoms with van der Waals surface area (Å²) in [5, 5.41) is 31.1. The van der Waals surface area contributed by atoms with E-state index in [2.05, 4.69) is 0 Å². The molecule has 0 aromatic heterocycles. The molecule has 1 aliphatic heterocycles. The first-order valence-corrected chi connectivity index (χ1v) is 10.8. The Kier molecular flexibility index (Phi) is 8.98. The van der Waals surface area contributed by atoms with Gasteiger partial charge in [0, 0.05) is 20.1 Å². The van der Waals surface area contributed by atoms with Gasteiger partial charge in [0.1, 0.15) is 36.8 Å². The average Bonchev–Trinajstić information content (AvgIpc) is 2.87. The smallest absolute Gasteiger partial charge is 0.234 e. The Balaban J connectivity index is 2.12. The molecule has 0 saturated heterocycles. The first-order chi connectivity index (χ1) is 15.0. The first-order valence-electron chi connectivity index (χ1n) is 10.8. The van der Waals surface area contributed by atoms with E-state index in [1.165, 1.54) is 13.2 Å². The molecule has 0 unspecified atom stereocenters. The van der Waals surface area contributed by atoms with Gasteiger partial charge in [-0.3, -0.25) is 9.59 Å². The number of hydrogen-bond acceptors (Lipinski definition) is 7. The number of aliphatic hydroxyl groups is 3. The molecule has 0 aliphatic carbocycles. The summed E-state index contributed by atoms with van der Waals surface area (Å²) >= 11 is 0. The number of rotatable bonds is 9. The van der Waals surface area contributed by atoms with Crippen molar-refractivity contribution in [2.45, 2.75) is 58.5 Å². The predicted molar refractivity (Wildman–Crippen MR) is 120 cm³/mol. The minimum atomic E-state index is -1.67. The second kappa shape index (κ2) is 11.0. The Labute approximate surface area is 189 Å². The normalized spacial score (nSPS) is 20.8. The van der Waals surface area contributed by atoms with Gasteiger partial charge >= 0.3 is 0 Å². The highest BCUT2D eigenvalue weighted by Crippen LogP contribution is 2.33. The van der Waals surface area contributed by atoms with Crippen LogP contribution in [0, 0.1) is 11.3 Å². The van der Waals surface area contributed by atoms with Crippen LogP contribution in [0.1, 0.15) is 34.1 Å². The van der Waals surface area contributed by atoms with E-state index in [0.29, 0.717) is 18.0 Å². The lowest BCUT2D eigenvalue weighted by Gasteiger charge is -2.28. The van der Waals surface area contributed by atoms with Gasteiger partial charge in [-0.25, -0.2) is 0 Å². The summed E-state index contributed by atoms with van der Waals surface area (Å²) in [5.74, 6) is -1.04. The molecule has 0 bridgehead atoms. The van der Waals surface area contributed by atoms with Crippen LogP contribution in [0.25, 0.3) is 0 Å². The largest absolute Gasteiger partial charge is 0.491 e. The third-order valence-electron chi connectivity index (χ3n) is 5.35. The molecule has 8 nitrogen and oxygen atoms in total. The number of carbonyl (C=O) groups excluding carboxylic acids is 2. The molecule has 1 amide bonds. The van der Waals surface area contributed by atoms with Crippen LogP contribution in [0.5, 0.6) is 5.75 Å². The molecule has 5 atom stereocenters. The van der Waals surface area contributed by atoms with Crippen molar-refractivity contribution in [3.8, 4) is 5.75 Å². The number of fused-ring (bicyclic) bond motifs is 1. The average molecular weight is 450 g/mol. The molecule has 3 N–H and O–H groups in total. The Morgan fingerprint density at radius 3 is 2.50 bits per heavy atom. The number of Topliss-reactive ketones (excluding diaryl/α,β-unsaturated/α-hetero) is 1. The van der Waals surface area contributed by atoms with Crippen LogP contribution in [0.15, 0.2) is 36.4 Å². The van der Waals surface area contributed by atoms with E-state index in [-0.39, 0.29) is 24.3 Å². The van der Waals surface area contributed by atoms with Crippen LogP contribution in [-0.2, 0) is 14.3 Å². The van der Waals surface area contributed by atoms with Crippen LogP contribution < -0.4 is 9.64 Å². The summed E-state index contributed by atoms with van der Waals surface area (Å²) in [4.78, 5) is 27.6. The van der Waals surface area contributed by atoms with Gasteiger partial charge in [-0.1, -0.05) is 45.1 Å². The number of methoxy groups -OCH3 is 1. The van der Waals surface area contributed by atoms with Crippen molar-refractivity contribution in [1.82, 2.24) is 0 Å². The third kappa shape index (κ3) is 6.38. The van der Waals surface area contributed by atoms with Crippen LogP contribution in [0.4, 0.5) is 5.69 Å². The fraction of sp³-hybridized carbons (Fsp3) is 0.583. The summed E-state index contributed by atoms with van der Waals surface area (Å²) in [5.41, 5.74) is 0.410. The van der Waals surface area contributed by atoms with Crippen LogP contribution in [0.2, 0.25) is 0 Å². The topological polar surface area (TPSA) is 117 Å². The van der Waals surface area contributed by atoms with E-state index in [1.807, 2.05) is 33.8 Å². The van der Waals surface area contributed by atoms with Crippen molar-refractivity contribution in [2.75, 3.05) is 25.2 Å². The maximum absolute atomic E-state index is 13.1. The van der Waals surface area contributed by atoms with Crippen LogP contribution in [0.3, 0.4) is 0 Å². The summed E-state index contributed by atoms with van der Waals surface area (Å²) in [7, 11) is 1.23. The highest BCUT2D eigenvalue weighted by molar-refractivity contribution is 5.99. The second-order valence-corrected chi connectivity index (χ2v) is 9.08. The summed E-state index contributed by atoms with van der Waals surface area (Å²) in [6, 6.07) is 7.16. The molecule has 0 radical (unpaired) electrons. The zero-order valence-electron chi connectivity index (χ0n) is 19.4.